The molecule has 1 aliphatic rings. The van der Waals surface area contributed by atoms with Crippen molar-refractivity contribution in [2.45, 2.75) is 56.6 Å². The van der Waals surface area contributed by atoms with Crippen LogP contribution in [0.15, 0.2) is 29.2 Å². The van der Waals surface area contributed by atoms with Crippen LogP contribution in [0.2, 0.25) is 0 Å². The number of rotatable bonds is 6. The van der Waals surface area contributed by atoms with E-state index in [0.29, 0.717) is 24.9 Å². The molecule has 8 nitrogen and oxygen atoms in total. The third kappa shape index (κ3) is 5.74. The van der Waals surface area contributed by atoms with Crippen molar-refractivity contribution in [1.82, 2.24) is 14.3 Å². The second kappa shape index (κ2) is 7.86. The zero-order valence-electron chi connectivity index (χ0n) is 16.0. The van der Waals surface area contributed by atoms with Gasteiger partial charge in [-0.05, 0) is 45.2 Å². The van der Waals surface area contributed by atoms with E-state index in [-0.39, 0.29) is 11.4 Å². The van der Waals surface area contributed by atoms with Gasteiger partial charge < -0.3 is 5.32 Å². The molecule has 1 heterocycles. The molecule has 0 bridgehead atoms. The summed E-state index contributed by atoms with van der Waals surface area (Å²) in [5.74, 6) is -0.422. The van der Waals surface area contributed by atoms with E-state index in [1.165, 1.54) is 10.4 Å². The summed E-state index contributed by atoms with van der Waals surface area (Å²) in [6.07, 6.45) is 2.15. The first-order valence-electron chi connectivity index (χ1n) is 8.68. The van der Waals surface area contributed by atoms with E-state index in [1.807, 2.05) is 0 Å². The molecule has 0 aliphatic carbocycles. The van der Waals surface area contributed by atoms with Crippen molar-refractivity contribution < 1.29 is 21.6 Å². The number of benzene rings is 1. The van der Waals surface area contributed by atoms with Crippen molar-refractivity contribution in [1.29, 1.82) is 0 Å². The number of nitrogens with one attached hydrogen (secondary N) is 2. The summed E-state index contributed by atoms with van der Waals surface area (Å²) in [5.41, 5.74) is -0.207. The summed E-state index contributed by atoms with van der Waals surface area (Å²) in [4.78, 5) is 12.6. The SMILES string of the molecule is CC(C)(C)NS(=O)(=O)c1ccccc1CNC(=O)C1CCCN1S(C)(=O)=O. The topological polar surface area (TPSA) is 113 Å². The van der Waals surface area contributed by atoms with E-state index in [4.69, 9.17) is 0 Å². The van der Waals surface area contributed by atoms with Gasteiger partial charge in [0.05, 0.1) is 11.2 Å². The van der Waals surface area contributed by atoms with Crippen LogP contribution < -0.4 is 10.0 Å². The number of nitrogens with zero attached hydrogens (tertiary/aromatic N) is 1. The zero-order chi connectivity index (χ0) is 20.5. The van der Waals surface area contributed by atoms with Gasteiger partial charge in [-0.15, -0.1) is 0 Å². The predicted molar refractivity (Wildman–Crippen MR) is 103 cm³/mol. The third-order valence-corrected chi connectivity index (χ3v) is 7.24. The molecule has 152 valence electrons. The van der Waals surface area contributed by atoms with Crippen molar-refractivity contribution in [3.8, 4) is 0 Å². The van der Waals surface area contributed by atoms with Crippen LogP contribution >= 0.6 is 0 Å². The lowest BCUT2D eigenvalue weighted by Crippen LogP contribution is -2.45. The van der Waals surface area contributed by atoms with Gasteiger partial charge in [0.25, 0.3) is 0 Å². The molecule has 1 aromatic carbocycles. The average molecular weight is 418 g/mol. The molecule has 1 aliphatic heterocycles. The van der Waals surface area contributed by atoms with Crippen LogP contribution in [0.25, 0.3) is 0 Å². The Hall–Kier alpha value is -1.49. The summed E-state index contributed by atoms with van der Waals surface area (Å²) < 4.78 is 52.7. The van der Waals surface area contributed by atoms with Crippen LogP contribution in [0.5, 0.6) is 0 Å². The highest BCUT2D eigenvalue weighted by Gasteiger charge is 2.36. The average Bonchev–Trinajstić information content (AvgIpc) is 3.00. The van der Waals surface area contributed by atoms with E-state index in [2.05, 4.69) is 10.0 Å². The molecule has 0 radical (unpaired) electrons. The molecule has 1 amide bonds. The first-order chi connectivity index (χ1) is 12.3. The van der Waals surface area contributed by atoms with Gasteiger partial charge in [0.1, 0.15) is 6.04 Å². The second-order valence-corrected chi connectivity index (χ2v) is 11.3. The molecule has 1 fully saturated rings. The molecule has 1 unspecified atom stereocenters. The minimum absolute atomic E-state index is 0.00579. The minimum Gasteiger partial charge on any atom is -0.351 e. The van der Waals surface area contributed by atoms with Crippen molar-refractivity contribution in [3.63, 3.8) is 0 Å². The van der Waals surface area contributed by atoms with Gasteiger partial charge in [-0.2, -0.15) is 4.31 Å². The summed E-state index contributed by atoms with van der Waals surface area (Å²) in [6.45, 7) is 5.55. The highest BCUT2D eigenvalue weighted by molar-refractivity contribution is 7.89. The third-order valence-electron chi connectivity index (χ3n) is 4.09. The molecule has 2 rings (SSSR count). The highest BCUT2D eigenvalue weighted by atomic mass is 32.2. The Bertz CT molecular complexity index is 905. The molecule has 0 spiro atoms. The van der Waals surface area contributed by atoms with Crippen molar-refractivity contribution in [3.05, 3.63) is 29.8 Å². The standard InChI is InChI=1S/C17H27N3O5S2/c1-17(2,3)19-27(24,25)15-10-6-5-8-13(15)12-18-16(21)14-9-7-11-20(14)26(4,22)23/h5-6,8,10,14,19H,7,9,11-12H2,1-4H3,(H,18,21). The van der Waals surface area contributed by atoms with Crippen LogP contribution in [0.3, 0.4) is 0 Å². The van der Waals surface area contributed by atoms with Crippen molar-refractivity contribution >= 4 is 26.0 Å². The normalized spacial score (nSPS) is 19.2. The maximum absolute atomic E-state index is 12.6. The summed E-state index contributed by atoms with van der Waals surface area (Å²) in [5, 5.41) is 2.68. The Balaban J connectivity index is 2.16. The first-order valence-corrected chi connectivity index (χ1v) is 12.0. The largest absolute Gasteiger partial charge is 0.351 e. The van der Waals surface area contributed by atoms with E-state index in [9.17, 15) is 21.6 Å². The zero-order valence-corrected chi connectivity index (χ0v) is 17.7. The predicted octanol–water partition coefficient (Wildman–Crippen LogP) is 0.804. The van der Waals surface area contributed by atoms with E-state index in [1.54, 1.807) is 39.0 Å². The van der Waals surface area contributed by atoms with Gasteiger partial charge in [-0.3, -0.25) is 4.79 Å². The monoisotopic (exact) mass is 417 g/mol. The lowest BCUT2D eigenvalue weighted by Gasteiger charge is -2.23. The summed E-state index contributed by atoms with van der Waals surface area (Å²) >= 11 is 0. The highest BCUT2D eigenvalue weighted by Crippen LogP contribution is 2.21. The Morgan fingerprint density at radius 1 is 1.19 bits per heavy atom. The van der Waals surface area contributed by atoms with Gasteiger partial charge in [-0.1, -0.05) is 18.2 Å². The molecule has 1 atom stereocenters. The number of hydrogen-bond acceptors (Lipinski definition) is 5. The van der Waals surface area contributed by atoms with Gasteiger partial charge in [0.15, 0.2) is 0 Å². The van der Waals surface area contributed by atoms with E-state index in [0.717, 1.165) is 6.26 Å². The van der Waals surface area contributed by atoms with Crippen LogP contribution in [0, 0.1) is 0 Å². The fourth-order valence-corrected chi connectivity index (χ4v) is 5.85. The first kappa shape index (κ1) is 21.8. The number of sulfonamides is 2. The Kier molecular flexibility index (Phi) is 6.35. The molecule has 0 aromatic heterocycles. The summed E-state index contributed by atoms with van der Waals surface area (Å²) in [6, 6.07) is 5.66. The number of hydrogen-bond donors (Lipinski definition) is 2. The molecule has 2 N–H and O–H groups in total. The van der Waals surface area contributed by atoms with Gasteiger partial charge >= 0.3 is 0 Å². The minimum atomic E-state index is -3.76. The number of carbonyl (C=O) groups excluding carboxylic acids is 1. The van der Waals surface area contributed by atoms with E-state index < -0.39 is 37.5 Å². The smallest absolute Gasteiger partial charge is 0.241 e. The van der Waals surface area contributed by atoms with Crippen LogP contribution in [-0.2, 0) is 31.4 Å². The molecular formula is C17H27N3O5S2. The number of carbonyl (C=O) groups is 1. The lowest BCUT2D eigenvalue weighted by atomic mass is 10.1. The Labute approximate surface area is 161 Å². The van der Waals surface area contributed by atoms with Crippen LogP contribution in [0.4, 0.5) is 0 Å². The lowest BCUT2D eigenvalue weighted by molar-refractivity contribution is -0.124. The molecule has 1 saturated heterocycles. The molecule has 1 aromatic rings. The Morgan fingerprint density at radius 3 is 2.41 bits per heavy atom. The van der Waals surface area contributed by atoms with E-state index >= 15 is 0 Å². The summed E-state index contributed by atoms with van der Waals surface area (Å²) in [7, 11) is -7.22. The van der Waals surface area contributed by atoms with Gasteiger partial charge in [0.2, 0.25) is 26.0 Å². The maximum atomic E-state index is 12.6. The van der Waals surface area contributed by atoms with Crippen LogP contribution in [-0.4, -0.2) is 51.4 Å². The molecule has 10 heteroatoms. The van der Waals surface area contributed by atoms with Crippen molar-refractivity contribution in [2.24, 2.45) is 0 Å². The molecule has 0 saturated carbocycles. The molecule has 27 heavy (non-hydrogen) atoms. The molecular weight excluding hydrogens is 390 g/mol. The van der Waals surface area contributed by atoms with Gasteiger partial charge in [-0.25, -0.2) is 21.6 Å². The van der Waals surface area contributed by atoms with Crippen molar-refractivity contribution in [2.75, 3.05) is 12.8 Å². The second-order valence-electron chi connectivity index (χ2n) is 7.71. The maximum Gasteiger partial charge on any atom is 0.241 e. The fourth-order valence-electron chi connectivity index (χ4n) is 3.07. The fraction of sp³-hybridized carbons (Fsp3) is 0.588. The quantitative estimate of drug-likeness (QED) is 0.711. The van der Waals surface area contributed by atoms with Crippen LogP contribution in [0.1, 0.15) is 39.2 Å². The Morgan fingerprint density at radius 2 is 1.81 bits per heavy atom. The van der Waals surface area contributed by atoms with Gasteiger partial charge in [0, 0.05) is 18.6 Å². The number of amides is 1.